The minimum atomic E-state index is 0.363. The molecule has 1 fully saturated rings. The van der Waals surface area contributed by atoms with Crippen LogP contribution in [0.4, 0.5) is 11.6 Å². The average Bonchev–Trinajstić information content (AvgIpc) is 2.82. The molecule has 1 saturated heterocycles. The second kappa shape index (κ2) is 6.27. The molecule has 5 heteroatoms. The Balaban J connectivity index is 1.88. The highest BCUT2D eigenvalue weighted by Crippen LogP contribution is 2.37. The van der Waals surface area contributed by atoms with Crippen LogP contribution in [-0.4, -0.2) is 33.6 Å². The molecule has 1 aromatic rings. The summed E-state index contributed by atoms with van der Waals surface area (Å²) in [6, 6.07) is 1.98. The molecule has 0 aromatic carbocycles. The van der Waals surface area contributed by atoms with Gasteiger partial charge in [-0.15, -0.1) is 0 Å². The maximum atomic E-state index is 4.27. The predicted molar refractivity (Wildman–Crippen MR) is 79.4 cm³/mol. The van der Waals surface area contributed by atoms with Gasteiger partial charge in [-0.25, -0.2) is 9.97 Å². The van der Waals surface area contributed by atoms with Crippen LogP contribution in [0.1, 0.15) is 33.1 Å². The normalized spacial score (nSPS) is 23.0. The summed E-state index contributed by atoms with van der Waals surface area (Å²) in [5.74, 6) is 3.10. The first-order valence-electron chi connectivity index (χ1n) is 6.66. The summed E-state index contributed by atoms with van der Waals surface area (Å²) in [7, 11) is 0. The van der Waals surface area contributed by atoms with Crippen LogP contribution >= 0.6 is 11.8 Å². The van der Waals surface area contributed by atoms with Crippen molar-refractivity contribution in [2.75, 3.05) is 29.5 Å². The Bertz CT molecular complexity index is 377. The maximum absolute atomic E-state index is 4.27. The molecule has 4 nitrogen and oxygen atoms in total. The van der Waals surface area contributed by atoms with Crippen LogP contribution in [0.3, 0.4) is 0 Å². The van der Waals surface area contributed by atoms with Crippen molar-refractivity contribution in [3.8, 4) is 0 Å². The molecule has 0 amide bonds. The zero-order valence-electron chi connectivity index (χ0n) is 11.2. The fraction of sp³-hybridized carbons (Fsp3) is 0.692. The van der Waals surface area contributed by atoms with Gasteiger partial charge < -0.3 is 10.6 Å². The minimum Gasteiger partial charge on any atom is -0.370 e. The smallest absolute Gasteiger partial charge is 0.131 e. The molecule has 1 atom stereocenters. The fourth-order valence-electron chi connectivity index (χ4n) is 2.06. The lowest BCUT2D eigenvalue weighted by molar-refractivity contribution is 0.633. The van der Waals surface area contributed by atoms with E-state index in [1.54, 1.807) is 6.33 Å². The third-order valence-electron chi connectivity index (χ3n) is 3.17. The number of rotatable bonds is 6. The highest BCUT2D eigenvalue weighted by atomic mass is 32.2. The molecule has 0 aliphatic carbocycles. The standard InChI is InChI=1S/C13H22N4S/c1-3-6-14-11-8-12(17-10-16-11)15-9-13(2)5-4-7-18-13/h8,10H,3-7,9H2,1-2H3,(H2,14,15,16,17). The van der Waals surface area contributed by atoms with Crippen molar-refractivity contribution < 1.29 is 0 Å². The zero-order valence-corrected chi connectivity index (χ0v) is 12.0. The van der Waals surface area contributed by atoms with Crippen LogP contribution in [0, 0.1) is 0 Å². The number of hydrogen-bond acceptors (Lipinski definition) is 5. The number of thioether (sulfide) groups is 1. The van der Waals surface area contributed by atoms with Crippen molar-refractivity contribution in [2.45, 2.75) is 37.9 Å². The Morgan fingerprint density at radius 2 is 2.11 bits per heavy atom. The van der Waals surface area contributed by atoms with Crippen LogP contribution < -0.4 is 10.6 Å². The second-order valence-corrected chi connectivity index (χ2v) is 6.65. The lowest BCUT2D eigenvalue weighted by atomic mass is 10.1. The molecular formula is C13H22N4S. The fourth-order valence-corrected chi connectivity index (χ4v) is 3.30. The molecule has 100 valence electrons. The first kappa shape index (κ1) is 13.5. The quantitative estimate of drug-likeness (QED) is 0.829. The van der Waals surface area contributed by atoms with Gasteiger partial charge in [0.1, 0.15) is 18.0 Å². The van der Waals surface area contributed by atoms with Crippen molar-refractivity contribution >= 4 is 23.4 Å². The average molecular weight is 266 g/mol. The number of aromatic nitrogens is 2. The summed E-state index contributed by atoms with van der Waals surface area (Å²) in [6.07, 6.45) is 5.33. The Kier molecular flexibility index (Phi) is 4.69. The third-order valence-corrected chi connectivity index (χ3v) is 4.71. The Morgan fingerprint density at radius 1 is 1.33 bits per heavy atom. The van der Waals surface area contributed by atoms with E-state index in [2.05, 4.69) is 46.2 Å². The van der Waals surface area contributed by atoms with E-state index < -0.39 is 0 Å². The van der Waals surface area contributed by atoms with Gasteiger partial charge in [-0.3, -0.25) is 0 Å². The van der Waals surface area contributed by atoms with E-state index in [9.17, 15) is 0 Å². The summed E-state index contributed by atoms with van der Waals surface area (Å²) in [5.41, 5.74) is 0. The first-order chi connectivity index (χ1) is 8.72. The number of hydrogen-bond donors (Lipinski definition) is 2. The molecule has 1 aromatic heterocycles. The molecule has 0 radical (unpaired) electrons. The van der Waals surface area contributed by atoms with Crippen molar-refractivity contribution in [2.24, 2.45) is 0 Å². The number of anilines is 2. The Hall–Kier alpha value is -0.970. The SMILES string of the molecule is CCCNc1cc(NCC2(C)CCCS2)ncn1. The van der Waals surface area contributed by atoms with Gasteiger partial charge in [0.15, 0.2) is 0 Å². The molecule has 0 saturated carbocycles. The van der Waals surface area contributed by atoms with Crippen LogP contribution in [0.2, 0.25) is 0 Å². The van der Waals surface area contributed by atoms with Gasteiger partial charge in [0.2, 0.25) is 0 Å². The summed E-state index contributed by atoms with van der Waals surface area (Å²) < 4.78 is 0.363. The summed E-state index contributed by atoms with van der Waals surface area (Å²) >= 11 is 2.06. The summed E-state index contributed by atoms with van der Waals surface area (Å²) in [5, 5.41) is 6.71. The van der Waals surface area contributed by atoms with Gasteiger partial charge in [-0.1, -0.05) is 6.92 Å². The molecule has 2 heterocycles. The monoisotopic (exact) mass is 266 g/mol. The lowest BCUT2D eigenvalue weighted by Gasteiger charge is -2.23. The molecule has 0 bridgehead atoms. The topological polar surface area (TPSA) is 49.8 Å². The van der Waals surface area contributed by atoms with E-state index in [0.29, 0.717) is 4.75 Å². The molecular weight excluding hydrogens is 244 g/mol. The van der Waals surface area contributed by atoms with Crippen LogP contribution in [0.5, 0.6) is 0 Å². The summed E-state index contributed by atoms with van der Waals surface area (Å²) in [6.45, 7) is 6.40. The molecule has 2 rings (SSSR count). The molecule has 1 aliphatic heterocycles. The van der Waals surface area contributed by atoms with Crippen LogP contribution in [0.15, 0.2) is 12.4 Å². The van der Waals surface area contributed by atoms with Gasteiger partial charge in [-0.2, -0.15) is 11.8 Å². The summed E-state index contributed by atoms with van der Waals surface area (Å²) in [4.78, 5) is 8.47. The van der Waals surface area contributed by atoms with Crippen LogP contribution in [0.25, 0.3) is 0 Å². The van der Waals surface area contributed by atoms with Crippen molar-refractivity contribution in [3.05, 3.63) is 12.4 Å². The molecule has 18 heavy (non-hydrogen) atoms. The molecule has 1 aliphatic rings. The Labute approximate surface area is 113 Å². The highest BCUT2D eigenvalue weighted by molar-refractivity contribution is 8.00. The molecule has 1 unspecified atom stereocenters. The van der Waals surface area contributed by atoms with Gasteiger partial charge in [-0.05, 0) is 31.9 Å². The number of nitrogens with zero attached hydrogens (tertiary/aromatic N) is 2. The predicted octanol–water partition coefficient (Wildman–Crippen LogP) is 3.00. The van der Waals surface area contributed by atoms with Gasteiger partial charge in [0, 0.05) is 23.9 Å². The second-order valence-electron chi connectivity index (χ2n) is 4.97. The van der Waals surface area contributed by atoms with E-state index in [0.717, 1.165) is 31.1 Å². The van der Waals surface area contributed by atoms with Gasteiger partial charge >= 0.3 is 0 Å². The van der Waals surface area contributed by atoms with Gasteiger partial charge in [0.05, 0.1) is 0 Å². The van der Waals surface area contributed by atoms with Crippen LogP contribution in [-0.2, 0) is 0 Å². The van der Waals surface area contributed by atoms with E-state index >= 15 is 0 Å². The first-order valence-corrected chi connectivity index (χ1v) is 7.64. The molecule has 2 N–H and O–H groups in total. The van der Waals surface area contributed by atoms with Crippen molar-refractivity contribution in [1.82, 2.24) is 9.97 Å². The van der Waals surface area contributed by atoms with E-state index in [1.165, 1.54) is 18.6 Å². The van der Waals surface area contributed by atoms with Crippen molar-refractivity contribution in [1.29, 1.82) is 0 Å². The largest absolute Gasteiger partial charge is 0.370 e. The van der Waals surface area contributed by atoms with E-state index in [-0.39, 0.29) is 0 Å². The third kappa shape index (κ3) is 3.77. The highest BCUT2D eigenvalue weighted by Gasteiger charge is 2.29. The lowest BCUT2D eigenvalue weighted by Crippen LogP contribution is -2.27. The molecule has 0 spiro atoms. The minimum absolute atomic E-state index is 0.363. The Morgan fingerprint density at radius 3 is 2.78 bits per heavy atom. The maximum Gasteiger partial charge on any atom is 0.131 e. The van der Waals surface area contributed by atoms with E-state index in [1.807, 2.05) is 6.07 Å². The van der Waals surface area contributed by atoms with E-state index in [4.69, 9.17) is 0 Å². The van der Waals surface area contributed by atoms with Gasteiger partial charge in [0.25, 0.3) is 0 Å². The van der Waals surface area contributed by atoms with Crippen molar-refractivity contribution in [3.63, 3.8) is 0 Å². The zero-order chi connectivity index (χ0) is 12.8. The number of nitrogens with one attached hydrogen (secondary N) is 2.